The molecule has 0 atom stereocenters. The molecule has 1 aromatic heterocycles. The summed E-state index contributed by atoms with van der Waals surface area (Å²) in [5, 5.41) is 0. The van der Waals surface area contributed by atoms with Crippen LogP contribution in [0.15, 0.2) is 84.9 Å². The van der Waals surface area contributed by atoms with Crippen molar-refractivity contribution in [2.24, 2.45) is 0 Å². The Balaban J connectivity index is 1.87. The number of benzene rings is 3. The zero-order valence-electron chi connectivity index (χ0n) is 15.5. The molecule has 1 heterocycles. The minimum Gasteiger partial charge on any atom is -0.228 e. The zero-order valence-corrected chi connectivity index (χ0v) is 15.5. The number of fused-ring (bicyclic) bond motifs is 3. The van der Waals surface area contributed by atoms with Gasteiger partial charge in [-0.25, -0.2) is 9.97 Å². The van der Waals surface area contributed by atoms with Crippen molar-refractivity contribution < 1.29 is 0 Å². The van der Waals surface area contributed by atoms with E-state index in [0.29, 0.717) is 0 Å². The lowest BCUT2D eigenvalue weighted by molar-refractivity contribution is 0.658. The summed E-state index contributed by atoms with van der Waals surface area (Å²) < 4.78 is 0. The first-order valence-corrected chi connectivity index (χ1v) is 9.29. The quantitative estimate of drug-likeness (QED) is 0.436. The molecule has 2 nitrogen and oxygen atoms in total. The second-order valence-corrected chi connectivity index (χ2v) is 7.52. The molecular formula is C25H20N2. The van der Waals surface area contributed by atoms with Crippen molar-refractivity contribution >= 4 is 0 Å². The van der Waals surface area contributed by atoms with Gasteiger partial charge in [0.1, 0.15) is 0 Å². The lowest BCUT2D eigenvalue weighted by atomic mass is 9.81. The topological polar surface area (TPSA) is 25.8 Å². The first-order valence-electron chi connectivity index (χ1n) is 9.29. The van der Waals surface area contributed by atoms with Crippen LogP contribution in [-0.2, 0) is 5.41 Å². The average Bonchev–Trinajstić information content (AvgIpc) is 2.96. The summed E-state index contributed by atoms with van der Waals surface area (Å²) in [4.78, 5) is 10.1. The molecule has 0 radical (unpaired) electrons. The third-order valence-electron chi connectivity index (χ3n) is 5.47. The van der Waals surface area contributed by atoms with Crippen LogP contribution in [0.3, 0.4) is 0 Å². The predicted molar refractivity (Wildman–Crippen MR) is 110 cm³/mol. The van der Waals surface area contributed by atoms with E-state index >= 15 is 0 Å². The molecule has 2 heteroatoms. The van der Waals surface area contributed by atoms with E-state index in [1.807, 2.05) is 24.3 Å². The first kappa shape index (κ1) is 16.0. The van der Waals surface area contributed by atoms with Gasteiger partial charge in [0.05, 0.1) is 11.4 Å². The highest BCUT2D eigenvalue weighted by Gasteiger charge is 2.39. The van der Waals surface area contributed by atoms with E-state index in [-0.39, 0.29) is 5.41 Å². The number of hydrogen-bond acceptors (Lipinski definition) is 2. The molecule has 0 amide bonds. The van der Waals surface area contributed by atoms with Crippen molar-refractivity contribution in [2.45, 2.75) is 19.3 Å². The van der Waals surface area contributed by atoms with Crippen molar-refractivity contribution in [3.05, 3.63) is 96.1 Å². The van der Waals surface area contributed by atoms with Crippen LogP contribution in [0.4, 0.5) is 0 Å². The number of nitrogens with zero attached hydrogens (tertiary/aromatic N) is 2. The fraction of sp³-hybridized carbons (Fsp3) is 0.120. The third-order valence-corrected chi connectivity index (χ3v) is 5.47. The van der Waals surface area contributed by atoms with Gasteiger partial charge in [-0.05, 0) is 5.56 Å². The third kappa shape index (κ3) is 2.41. The highest BCUT2D eigenvalue weighted by Crippen LogP contribution is 2.51. The maximum atomic E-state index is 5.05. The summed E-state index contributed by atoms with van der Waals surface area (Å²) in [7, 11) is 0. The van der Waals surface area contributed by atoms with Crippen LogP contribution < -0.4 is 0 Å². The summed E-state index contributed by atoms with van der Waals surface area (Å²) in [5.74, 6) is 0.778. The van der Waals surface area contributed by atoms with Gasteiger partial charge < -0.3 is 0 Å². The molecule has 0 bridgehead atoms. The van der Waals surface area contributed by atoms with E-state index in [2.05, 4.69) is 74.5 Å². The van der Waals surface area contributed by atoms with Crippen molar-refractivity contribution in [3.8, 4) is 33.9 Å². The Kier molecular flexibility index (Phi) is 3.48. The van der Waals surface area contributed by atoms with Gasteiger partial charge in [-0.1, -0.05) is 98.8 Å². The lowest BCUT2D eigenvalue weighted by Gasteiger charge is -2.23. The second-order valence-electron chi connectivity index (χ2n) is 7.52. The molecular weight excluding hydrogens is 328 g/mol. The van der Waals surface area contributed by atoms with Crippen LogP contribution in [0.1, 0.15) is 25.0 Å². The van der Waals surface area contributed by atoms with Crippen molar-refractivity contribution in [1.29, 1.82) is 0 Å². The summed E-state index contributed by atoms with van der Waals surface area (Å²) in [6.07, 6.45) is 0. The Morgan fingerprint density at radius 1 is 0.593 bits per heavy atom. The molecule has 1 aliphatic rings. The largest absolute Gasteiger partial charge is 0.228 e. The van der Waals surface area contributed by atoms with E-state index < -0.39 is 0 Å². The molecule has 130 valence electrons. The van der Waals surface area contributed by atoms with Gasteiger partial charge in [-0.2, -0.15) is 0 Å². The monoisotopic (exact) mass is 348 g/mol. The average molecular weight is 348 g/mol. The van der Waals surface area contributed by atoms with E-state index in [4.69, 9.17) is 9.97 Å². The molecule has 0 fully saturated rings. The van der Waals surface area contributed by atoms with Crippen LogP contribution in [0, 0.1) is 0 Å². The minimum atomic E-state index is -0.133. The lowest BCUT2D eigenvalue weighted by Crippen LogP contribution is -2.17. The van der Waals surface area contributed by atoms with Gasteiger partial charge >= 0.3 is 0 Å². The molecule has 5 rings (SSSR count). The maximum absolute atomic E-state index is 5.05. The Hall–Kier alpha value is -3.26. The minimum absolute atomic E-state index is 0.133. The molecule has 0 N–H and O–H groups in total. The van der Waals surface area contributed by atoms with Crippen LogP contribution in [0.5, 0.6) is 0 Å². The SMILES string of the molecule is CC1(C)c2ccccc2-c2nc(-c3ccccc3)nc(-c3ccccc3)c21. The van der Waals surface area contributed by atoms with Crippen molar-refractivity contribution in [2.75, 3.05) is 0 Å². The molecule has 0 spiro atoms. The van der Waals surface area contributed by atoms with Gasteiger partial charge in [0.2, 0.25) is 0 Å². The summed E-state index contributed by atoms with van der Waals surface area (Å²) in [6.45, 7) is 4.55. The van der Waals surface area contributed by atoms with Gasteiger partial charge in [0.15, 0.2) is 5.82 Å². The Labute approximate surface area is 159 Å². The Morgan fingerprint density at radius 2 is 1.15 bits per heavy atom. The van der Waals surface area contributed by atoms with Crippen LogP contribution in [0.2, 0.25) is 0 Å². The highest BCUT2D eigenvalue weighted by atomic mass is 14.9. The van der Waals surface area contributed by atoms with Crippen molar-refractivity contribution in [1.82, 2.24) is 9.97 Å². The van der Waals surface area contributed by atoms with Gasteiger partial charge in [0, 0.05) is 27.7 Å². The normalized spacial score (nSPS) is 13.9. The Bertz CT molecular complexity index is 1130. The molecule has 27 heavy (non-hydrogen) atoms. The smallest absolute Gasteiger partial charge is 0.160 e. The van der Waals surface area contributed by atoms with E-state index in [9.17, 15) is 0 Å². The van der Waals surface area contributed by atoms with E-state index in [1.165, 1.54) is 16.7 Å². The summed E-state index contributed by atoms with van der Waals surface area (Å²) in [6, 6.07) is 29.3. The van der Waals surface area contributed by atoms with E-state index in [1.54, 1.807) is 0 Å². The zero-order chi connectivity index (χ0) is 18.4. The standard InChI is InChI=1S/C25H20N2/c1-25(2)20-16-10-9-15-19(20)23-21(25)22(17-11-5-3-6-12-17)26-24(27-23)18-13-7-4-8-14-18/h3-16H,1-2H3. The molecule has 1 aliphatic carbocycles. The summed E-state index contributed by atoms with van der Waals surface area (Å²) >= 11 is 0. The Morgan fingerprint density at radius 3 is 1.85 bits per heavy atom. The van der Waals surface area contributed by atoms with Crippen molar-refractivity contribution in [3.63, 3.8) is 0 Å². The second kappa shape index (κ2) is 5.88. The molecule has 0 unspecified atom stereocenters. The fourth-order valence-corrected chi connectivity index (χ4v) is 4.14. The maximum Gasteiger partial charge on any atom is 0.160 e. The number of rotatable bonds is 2. The van der Waals surface area contributed by atoms with Crippen LogP contribution >= 0.6 is 0 Å². The fourth-order valence-electron chi connectivity index (χ4n) is 4.14. The molecule has 4 aromatic rings. The molecule has 3 aromatic carbocycles. The van der Waals surface area contributed by atoms with E-state index in [0.717, 1.165) is 28.3 Å². The van der Waals surface area contributed by atoms with Crippen LogP contribution in [-0.4, -0.2) is 9.97 Å². The van der Waals surface area contributed by atoms with Gasteiger partial charge in [-0.15, -0.1) is 0 Å². The summed E-state index contributed by atoms with van der Waals surface area (Å²) in [5.41, 5.74) is 7.88. The number of hydrogen-bond donors (Lipinski definition) is 0. The molecule has 0 aliphatic heterocycles. The van der Waals surface area contributed by atoms with Gasteiger partial charge in [0.25, 0.3) is 0 Å². The highest BCUT2D eigenvalue weighted by molar-refractivity contribution is 5.85. The number of aromatic nitrogens is 2. The molecule has 0 saturated heterocycles. The molecule has 0 saturated carbocycles. The first-order chi connectivity index (χ1) is 13.2. The predicted octanol–water partition coefficient (Wildman–Crippen LogP) is 6.12. The van der Waals surface area contributed by atoms with Crippen LogP contribution in [0.25, 0.3) is 33.9 Å². The van der Waals surface area contributed by atoms with Gasteiger partial charge in [-0.3, -0.25) is 0 Å².